The van der Waals surface area contributed by atoms with Gasteiger partial charge in [0.1, 0.15) is 23.4 Å². The van der Waals surface area contributed by atoms with E-state index in [2.05, 4.69) is 5.32 Å². The number of aliphatic hydroxyl groups excluding tert-OH is 1. The summed E-state index contributed by atoms with van der Waals surface area (Å²) >= 11 is 0. The van der Waals surface area contributed by atoms with Crippen molar-refractivity contribution in [1.29, 1.82) is 0 Å². The lowest BCUT2D eigenvalue weighted by Crippen LogP contribution is -2.31. The van der Waals surface area contributed by atoms with Crippen LogP contribution in [0, 0.1) is 5.82 Å². The molecular formula is C13H12FNO4. The van der Waals surface area contributed by atoms with Crippen molar-refractivity contribution in [1.82, 2.24) is 5.32 Å². The predicted molar refractivity (Wildman–Crippen MR) is 64.1 cm³/mol. The van der Waals surface area contributed by atoms with Gasteiger partial charge in [-0.15, -0.1) is 0 Å². The molecule has 1 amide bonds. The topological polar surface area (TPSA) is 82.7 Å². The summed E-state index contributed by atoms with van der Waals surface area (Å²) < 4.78 is 18.6. The number of nitrogens with one attached hydrogen (secondary N) is 1. The van der Waals surface area contributed by atoms with Gasteiger partial charge in [-0.05, 0) is 24.3 Å². The number of amides is 1. The molecule has 3 N–H and O–H groups in total. The monoisotopic (exact) mass is 265 g/mol. The van der Waals surface area contributed by atoms with Gasteiger partial charge < -0.3 is 19.9 Å². The van der Waals surface area contributed by atoms with Gasteiger partial charge in [-0.25, -0.2) is 4.39 Å². The summed E-state index contributed by atoms with van der Waals surface area (Å²) in [7, 11) is 0. The molecule has 0 aliphatic rings. The van der Waals surface area contributed by atoms with Gasteiger partial charge >= 0.3 is 0 Å². The molecular weight excluding hydrogens is 253 g/mol. The number of carbonyl (C=O) groups is 1. The molecule has 100 valence electrons. The van der Waals surface area contributed by atoms with Crippen LogP contribution in [-0.2, 0) is 0 Å². The third-order valence-corrected chi connectivity index (χ3v) is 2.57. The minimum absolute atomic E-state index is 0.220. The molecule has 2 aromatic rings. The SMILES string of the molecule is O=C(NC(CO)c1ccco1)c1ccc(O)cc1F. The molecule has 0 spiro atoms. The lowest BCUT2D eigenvalue weighted by Gasteiger charge is -2.14. The smallest absolute Gasteiger partial charge is 0.254 e. The Balaban J connectivity index is 2.16. The Bertz CT molecular complexity index is 568. The Morgan fingerprint density at radius 1 is 1.42 bits per heavy atom. The molecule has 0 bridgehead atoms. The number of halogens is 1. The van der Waals surface area contributed by atoms with Crippen molar-refractivity contribution in [3.8, 4) is 5.75 Å². The maximum atomic E-state index is 13.5. The van der Waals surface area contributed by atoms with Crippen molar-refractivity contribution in [3.05, 3.63) is 53.7 Å². The first-order valence-corrected chi connectivity index (χ1v) is 5.55. The van der Waals surface area contributed by atoms with Crippen LogP contribution in [0.1, 0.15) is 22.2 Å². The van der Waals surface area contributed by atoms with Gasteiger partial charge in [-0.3, -0.25) is 4.79 Å². The molecule has 1 aromatic heterocycles. The summed E-state index contributed by atoms with van der Waals surface area (Å²) in [6, 6.07) is 5.67. The number of benzene rings is 1. The molecule has 5 nitrogen and oxygen atoms in total. The molecule has 0 aliphatic carbocycles. The summed E-state index contributed by atoms with van der Waals surface area (Å²) in [6.07, 6.45) is 1.41. The number of aliphatic hydroxyl groups is 1. The average Bonchev–Trinajstić information content (AvgIpc) is 2.89. The van der Waals surface area contributed by atoms with Gasteiger partial charge in [0.25, 0.3) is 5.91 Å². The van der Waals surface area contributed by atoms with E-state index in [1.54, 1.807) is 12.1 Å². The first-order chi connectivity index (χ1) is 9.11. The number of furan rings is 1. The lowest BCUT2D eigenvalue weighted by atomic mass is 10.1. The zero-order valence-corrected chi connectivity index (χ0v) is 9.84. The van der Waals surface area contributed by atoms with Crippen LogP contribution >= 0.6 is 0 Å². The van der Waals surface area contributed by atoms with E-state index < -0.39 is 17.8 Å². The molecule has 19 heavy (non-hydrogen) atoms. The number of phenols is 1. The quantitative estimate of drug-likeness (QED) is 0.784. The highest BCUT2D eigenvalue weighted by molar-refractivity contribution is 5.94. The van der Waals surface area contributed by atoms with E-state index in [0.717, 1.165) is 12.1 Å². The largest absolute Gasteiger partial charge is 0.508 e. The van der Waals surface area contributed by atoms with Crippen molar-refractivity contribution in [2.45, 2.75) is 6.04 Å². The fraction of sp³-hybridized carbons (Fsp3) is 0.154. The van der Waals surface area contributed by atoms with Crippen molar-refractivity contribution in [2.24, 2.45) is 0 Å². The van der Waals surface area contributed by atoms with Crippen LogP contribution in [0.3, 0.4) is 0 Å². The Morgan fingerprint density at radius 3 is 2.79 bits per heavy atom. The van der Waals surface area contributed by atoms with Crippen molar-refractivity contribution in [3.63, 3.8) is 0 Å². The molecule has 1 unspecified atom stereocenters. The minimum Gasteiger partial charge on any atom is -0.508 e. The van der Waals surface area contributed by atoms with E-state index in [1.165, 1.54) is 12.3 Å². The molecule has 0 fully saturated rings. The van der Waals surface area contributed by atoms with Gasteiger partial charge in [0.2, 0.25) is 0 Å². The Kier molecular flexibility index (Phi) is 3.82. The van der Waals surface area contributed by atoms with Gasteiger partial charge in [0, 0.05) is 6.07 Å². The van der Waals surface area contributed by atoms with E-state index in [1.807, 2.05) is 0 Å². The van der Waals surface area contributed by atoms with E-state index >= 15 is 0 Å². The number of carbonyl (C=O) groups excluding carboxylic acids is 1. The highest BCUT2D eigenvalue weighted by atomic mass is 19.1. The third-order valence-electron chi connectivity index (χ3n) is 2.57. The molecule has 1 heterocycles. The van der Waals surface area contributed by atoms with E-state index in [4.69, 9.17) is 9.52 Å². The summed E-state index contributed by atoms with van der Waals surface area (Å²) in [6.45, 7) is -0.376. The first-order valence-electron chi connectivity index (χ1n) is 5.55. The zero-order valence-electron chi connectivity index (χ0n) is 9.84. The summed E-state index contributed by atoms with van der Waals surface area (Å²) in [5.74, 6) is -1.43. The number of rotatable bonds is 4. The van der Waals surface area contributed by atoms with Crippen LogP contribution in [0.15, 0.2) is 41.0 Å². The second kappa shape index (κ2) is 5.53. The lowest BCUT2D eigenvalue weighted by molar-refractivity contribution is 0.0903. The predicted octanol–water partition coefficient (Wildman–Crippen LogP) is 1.59. The molecule has 6 heteroatoms. The summed E-state index contributed by atoms with van der Waals surface area (Å²) in [5.41, 5.74) is -0.220. The maximum absolute atomic E-state index is 13.5. The van der Waals surface area contributed by atoms with Crippen LogP contribution in [-0.4, -0.2) is 22.7 Å². The van der Waals surface area contributed by atoms with Crippen LogP contribution in [0.5, 0.6) is 5.75 Å². The molecule has 0 aliphatic heterocycles. The second-order valence-electron chi connectivity index (χ2n) is 3.89. The summed E-state index contributed by atoms with van der Waals surface area (Å²) in [4.78, 5) is 11.9. The number of hydrogen-bond acceptors (Lipinski definition) is 4. The van der Waals surface area contributed by atoms with Gasteiger partial charge in [-0.2, -0.15) is 0 Å². The van der Waals surface area contributed by atoms with Crippen molar-refractivity contribution < 1.29 is 23.8 Å². The first kappa shape index (κ1) is 13.1. The van der Waals surface area contributed by atoms with Gasteiger partial charge in [-0.1, -0.05) is 0 Å². The van der Waals surface area contributed by atoms with Crippen LogP contribution in [0.4, 0.5) is 4.39 Å². The van der Waals surface area contributed by atoms with E-state index in [0.29, 0.717) is 5.76 Å². The highest BCUT2D eigenvalue weighted by Gasteiger charge is 2.19. The van der Waals surface area contributed by atoms with Gasteiger partial charge in [0.05, 0.1) is 18.4 Å². The number of hydrogen-bond donors (Lipinski definition) is 3. The standard InChI is InChI=1S/C13H12FNO4/c14-10-6-8(17)3-4-9(10)13(18)15-11(7-16)12-2-1-5-19-12/h1-6,11,16-17H,7H2,(H,15,18). The molecule has 1 aromatic carbocycles. The van der Waals surface area contributed by atoms with Crippen LogP contribution in [0.25, 0.3) is 0 Å². The molecule has 0 saturated carbocycles. The molecule has 1 atom stereocenters. The molecule has 0 radical (unpaired) electrons. The zero-order chi connectivity index (χ0) is 13.8. The Hall–Kier alpha value is -2.34. The fourth-order valence-electron chi connectivity index (χ4n) is 1.62. The number of aromatic hydroxyl groups is 1. The molecule has 0 saturated heterocycles. The highest BCUT2D eigenvalue weighted by Crippen LogP contribution is 2.17. The third kappa shape index (κ3) is 2.92. The second-order valence-corrected chi connectivity index (χ2v) is 3.89. The average molecular weight is 265 g/mol. The van der Waals surface area contributed by atoms with Crippen molar-refractivity contribution in [2.75, 3.05) is 6.61 Å². The van der Waals surface area contributed by atoms with Crippen LogP contribution < -0.4 is 5.32 Å². The van der Waals surface area contributed by atoms with E-state index in [9.17, 15) is 14.3 Å². The van der Waals surface area contributed by atoms with Gasteiger partial charge in [0.15, 0.2) is 0 Å². The Labute approximate surface area is 108 Å². The summed E-state index contributed by atoms with van der Waals surface area (Å²) in [5, 5.41) is 20.7. The fourth-order valence-corrected chi connectivity index (χ4v) is 1.62. The minimum atomic E-state index is -0.839. The molecule has 2 rings (SSSR count). The maximum Gasteiger partial charge on any atom is 0.254 e. The normalized spacial score (nSPS) is 12.1. The van der Waals surface area contributed by atoms with E-state index in [-0.39, 0.29) is 17.9 Å². The van der Waals surface area contributed by atoms with Crippen LogP contribution in [0.2, 0.25) is 0 Å². The van der Waals surface area contributed by atoms with Crippen molar-refractivity contribution >= 4 is 5.91 Å². The number of phenolic OH excluding ortho intramolecular Hbond substituents is 1. The Morgan fingerprint density at radius 2 is 2.21 bits per heavy atom.